The predicted molar refractivity (Wildman–Crippen MR) is 57.0 cm³/mol. The summed E-state index contributed by atoms with van der Waals surface area (Å²) in [5.41, 5.74) is 1.75. The van der Waals surface area contributed by atoms with Crippen LogP contribution in [0, 0.1) is 5.82 Å². The van der Waals surface area contributed by atoms with Gasteiger partial charge in [0, 0.05) is 12.0 Å². The zero-order valence-electron chi connectivity index (χ0n) is 8.94. The summed E-state index contributed by atoms with van der Waals surface area (Å²) in [7, 11) is 1.37. The number of halogens is 1. The first kappa shape index (κ1) is 9.63. The molecule has 2 atom stereocenters. The van der Waals surface area contributed by atoms with Crippen molar-refractivity contribution in [1.82, 2.24) is 0 Å². The Kier molecular flexibility index (Phi) is 1.93. The van der Waals surface area contributed by atoms with Crippen molar-refractivity contribution in [2.45, 2.75) is 24.8 Å². The molecule has 1 aliphatic heterocycles. The lowest BCUT2D eigenvalue weighted by Crippen LogP contribution is -2.43. The highest BCUT2D eigenvalue weighted by Crippen LogP contribution is 2.51. The predicted octanol–water partition coefficient (Wildman–Crippen LogP) is 2.66. The molecule has 84 valence electrons. The fourth-order valence-corrected chi connectivity index (χ4v) is 2.71. The third-order valence-corrected chi connectivity index (χ3v) is 3.59. The number of fused-ring (bicyclic) bond motifs is 3. The molecule has 1 aromatic rings. The monoisotopic (exact) mass is 221 g/mol. The molecule has 2 aliphatic rings. The van der Waals surface area contributed by atoms with Crippen LogP contribution in [0.4, 0.5) is 14.9 Å². The van der Waals surface area contributed by atoms with Gasteiger partial charge in [0.15, 0.2) is 0 Å². The largest absolute Gasteiger partial charge is 0.452 e. The highest BCUT2D eigenvalue weighted by Gasteiger charge is 2.47. The second-order valence-corrected chi connectivity index (χ2v) is 4.29. The van der Waals surface area contributed by atoms with E-state index >= 15 is 0 Å². The van der Waals surface area contributed by atoms with E-state index in [4.69, 9.17) is 4.74 Å². The molecule has 0 radical (unpaired) electrons. The number of methoxy groups -OCH3 is 1. The molecule has 0 saturated heterocycles. The van der Waals surface area contributed by atoms with E-state index in [-0.39, 0.29) is 18.0 Å². The Morgan fingerprint density at radius 3 is 2.94 bits per heavy atom. The molecule has 1 saturated carbocycles. The van der Waals surface area contributed by atoms with Crippen LogP contribution in [0.2, 0.25) is 0 Å². The number of hydrogen-bond donors (Lipinski definition) is 0. The lowest BCUT2D eigenvalue weighted by Gasteiger charge is -2.35. The minimum Gasteiger partial charge on any atom is -0.452 e. The summed E-state index contributed by atoms with van der Waals surface area (Å²) >= 11 is 0. The molecule has 1 amide bonds. The summed E-state index contributed by atoms with van der Waals surface area (Å²) in [6, 6.07) is 4.76. The van der Waals surface area contributed by atoms with Crippen LogP contribution in [0.5, 0.6) is 0 Å². The van der Waals surface area contributed by atoms with Gasteiger partial charge in [-0.05, 0) is 36.6 Å². The van der Waals surface area contributed by atoms with Crippen LogP contribution in [0.1, 0.15) is 24.3 Å². The second-order valence-electron chi connectivity index (χ2n) is 4.29. The summed E-state index contributed by atoms with van der Waals surface area (Å²) < 4.78 is 17.9. The van der Waals surface area contributed by atoms with Gasteiger partial charge in [0.05, 0.1) is 12.8 Å². The number of hydrogen-bond acceptors (Lipinski definition) is 2. The molecule has 16 heavy (non-hydrogen) atoms. The average Bonchev–Trinajstić information content (AvgIpc) is 2.44. The summed E-state index contributed by atoms with van der Waals surface area (Å²) in [5.74, 6) is 0.0564. The van der Waals surface area contributed by atoms with E-state index in [2.05, 4.69) is 0 Å². The Bertz CT molecular complexity index is 460. The van der Waals surface area contributed by atoms with Crippen molar-refractivity contribution in [3.8, 4) is 0 Å². The standard InChI is InChI=1S/C12H12FNO2/c1-16-12(15)14-10-5-3-8(10)9-6-7(13)2-4-11(9)14/h2,4,6,8,10H,3,5H2,1H3. The van der Waals surface area contributed by atoms with Crippen LogP contribution in [0.25, 0.3) is 0 Å². The molecule has 1 heterocycles. The number of carbonyl (C=O) groups excluding carboxylic acids is 1. The van der Waals surface area contributed by atoms with Gasteiger partial charge in [-0.3, -0.25) is 4.90 Å². The molecular weight excluding hydrogens is 209 g/mol. The molecule has 1 aliphatic carbocycles. The third kappa shape index (κ3) is 1.10. The minimum absolute atomic E-state index is 0.171. The number of ether oxygens (including phenoxy) is 1. The summed E-state index contributed by atoms with van der Waals surface area (Å²) in [4.78, 5) is 13.3. The first-order valence-electron chi connectivity index (χ1n) is 5.39. The number of nitrogens with zero attached hydrogens (tertiary/aromatic N) is 1. The van der Waals surface area contributed by atoms with Gasteiger partial charge in [-0.1, -0.05) is 0 Å². The molecule has 2 unspecified atom stereocenters. The zero-order chi connectivity index (χ0) is 11.3. The fraction of sp³-hybridized carbons (Fsp3) is 0.417. The first-order chi connectivity index (χ1) is 7.72. The average molecular weight is 221 g/mol. The molecule has 1 aromatic carbocycles. The first-order valence-corrected chi connectivity index (χ1v) is 5.39. The van der Waals surface area contributed by atoms with Crippen LogP contribution >= 0.6 is 0 Å². The van der Waals surface area contributed by atoms with Crippen molar-refractivity contribution < 1.29 is 13.9 Å². The minimum atomic E-state index is -0.347. The summed E-state index contributed by atoms with van der Waals surface area (Å²) in [5, 5.41) is 0. The number of amides is 1. The quantitative estimate of drug-likeness (QED) is 0.674. The number of carbonyl (C=O) groups is 1. The summed E-state index contributed by atoms with van der Waals surface area (Å²) in [6.07, 6.45) is 1.64. The van der Waals surface area contributed by atoms with Gasteiger partial charge in [0.2, 0.25) is 0 Å². The van der Waals surface area contributed by atoms with E-state index in [0.29, 0.717) is 5.92 Å². The normalized spacial score (nSPS) is 25.8. The number of benzene rings is 1. The molecule has 1 fully saturated rings. The molecule has 0 spiro atoms. The van der Waals surface area contributed by atoms with Crippen LogP contribution in [-0.4, -0.2) is 19.2 Å². The number of rotatable bonds is 0. The van der Waals surface area contributed by atoms with Gasteiger partial charge in [0.1, 0.15) is 5.82 Å². The Morgan fingerprint density at radius 2 is 2.31 bits per heavy atom. The van der Waals surface area contributed by atoms with Gasteiger partial charge in [-0.2, -0.15) is 0 Å². The van der Waals surface area contributed by atoms with E-state index in [1.54, 1.807) is 11.0 Å². The van der Waals surface area contributed by atoms with E-state index in [1.165, 1.54) is 19.2 Å². The van der Waals surface area contributed by atoms with Crippen LogP contribution in [0.3, 0.4) is 0 Å². The molecule has 3 rings (SSSR count). The maximum Gasteiger partial charge on any atom is 0.414 e. The van der Waals surface area contributed by atoms with Gasteiger partial charge in [-0.25, -0.2) is 9.18 Å². The maximum atomic E-state index is 13.2. The molecule has 4 heteroatoms. The van der Waals surface area contributed by atoms with Crippen molar-refractivity contribution >= 4 is 11.8 Å². The van der Waals surface area contributed by atoms with Gasteiger partial charge < -0.3 is 4.74 Å². The van der Waals surface area contributed by atoms with Gasteiger partial charge in [0.25, 0.3) is 0 Å². The van der Waals surface area contributed by atoms with Crippen LogP contribution in [0.15, 0.2) is 18.2 Å². The van der Waals surface area contributed by atoms with Crippen molar-refractivity contribution in [3.63, 3.8) is 0 Å². The smallest absolute Gasteiger partial charge is 0.414 e. The molecular formula is C12H12FNO2. The summed E-state index contributed by atoms with van der Waals surface area (Å²) in [6.45, 7) is 0. The molecule has 0 bridgehead atoms. The molecule has 0 N–H and O–H groups in total. The van der Waals surface area contributed by atoms with Crippen molar-refractivity contribution in [1.29, 1.82) is 0 Å². The Hall–Kier alpha value is -1.58. The van der Waals surface area contributed by atoms with E-state index in [1.807, 2.05) is 0 Å². The Morgan fingerprint density at radius 1 is 1.50 bits per heavy atom. The van der Waals surface area contributed by atoms with Crippen molar-refractivity contribution in [2.24, 2.45) is 0 Å². The van der Waals surface area contributed by atoms with E-state index < -0.39 is 0 Å². The molecule has 3 nitrogen and oxygen atoms in total. The third-order valence-electron chi connectivity index (χ3n) is 3.59. The van der Waals surface area contributed by atoms with Gasteiger partial charge >= 0.3 is 6.09 Å². The van der Waals surface area contributed by atoms with Crippen molar-refractivity contribution in [3.05, 3.63) is 29.6 Å². The van der Waals surface area contributed by atoms with Gasteiger partial charge in [-0.15, -0.1) is 0 Å². The molecule has 0 aromatic heterocycles. The highest BCUT2D eigenvalue weighted by atomic mass is 19.1. The lowest BCUT2D eigenvalue weighted by molar-refractivity contribution is 0.171. The Labute approximate surface area is 92.8 Å². The van der Waals surface area contributed by atoms with E-state index in [9.17, 15) is 9.18 Å². The lowest BCUT2D eigenvalue weighted by atomic mass is 9.78. The van der Waals surface area contributed by atoms with Crippen LogP contribution in [-0.2, 0) is 4.74 Å². The maximum absolute atomic E-state index is 13.2. The SMILES string of the molecule is COC(=O)N1c2ccc(F)cc2C2CCC21. The topological polar surface area (TPSA) is 29.5 Å². The fourth-order valence-electron chi connectivity index (χ4n) is 2.71. The highest BCUT2D eigenvalue weighted by molar-refractivity contribution is 5.92. The van der Waals surface area contributed by atoms with E-state index in [0.717, 1.165) is 24.1 Å². The van der Waals surface area contributed by atoms with Crippen molar-refractivity contribution in [2.75, 3.05) is 12.0 Å². The van der Waals surface area contributed by atoms with Crippen LogP contribution < -0.4 is 4.90 Å². The number of anilines is 1. The zero-order valence-corrected chi connectivity index (χ0v) is 8.94. The second kappa shape index (κ2) is 3.20. The Balaban J connectivity index is 2.08.